The van der Waals surface area contributed by atoms with E-state index in [0.29, 0.717) is 6.42 Å². The van der Waals surface area contributed by atoms with Crippen LogP contribution in [0.4, 0.5) is 0 Å². The summed E-state index contributed by atoms with van der Waals surface area (Å²) >= 11 is 3.41. The van der Waals surface area contributed by atoms with Crippen LogP contribution < -0.4 is 5.49 Å². The number of hydrogen-bond acceptors (Lipinski definition) is 2. The first kappa shape index (κ1) is 13.9. The number of allylic oxidation sites excluding steroid dienone is 2. The number of halogens is 1. The quantitative estimate of drug-likeness (QED) is 0.787. The van der Waals surface area contributed by atoms with Gasteiger partial charge in [-0.25, -0.2) is 4.99 Å². The zero-order valence-electron chi connectivity index (χ0n) is 10.4. The first-order valence-corrected chi connectivity index (χ1v) is 6.46. The Balaban J connectivity index is 3.19. The highest BCUT2D eigenvalue weighted by Crippen LogP contribution is 2.06. The standard InChI is InChI=1S/C13H17BrN2O/c1-4-11(9-12(17)5-2)15-13-8-10(14)6-7-16(13)3/h6-9H,4-5H2,1-3H3/b11-9+,15-13?. The van der Waals surface area contributed by atoms with Gasteiger partial charge in [0.2, 0.25) is 0 Å². The van der Waals surface area contributed by atoms with Crippen LogP contribution in [0.25, 0.3) is 0 Å². The Bertz CT molecular complexity index is 500. The van der Waals surface area contributed by atoms with Crippen LogP contribution in [0, 0.1) is 0 Å². The van der Waals surface area contributed by atoms with Gasteiger partial charge in [0.05, 0.1) is 0 Å². The molecule has 92 valence electrons. The fourth-order valence-electron chi connectivity index (χ4n) is 1.29. The third-order valence-electron chi connectivity index (χ3n) is 2.38. The van der Waals surface area contributed by atoms with Gasteiger partial charge in [-0.15, -0.1) is 0 Å². The van der Waals surface area contributed by atoms with Gasteiger partial charge in [-0.05, 0) is 18.6 Å². The van der Waals surface area contributed by atoms with Gasteiger partial charge in [0.1, 0.15) is 5.49 Å². The summed E-state index contributed by atoms with van der Waals surface area (Å²) in [6.45, 7) is 3.85. The van der Waals surface area contributed by atoms with Crippen molar-refractivity contribution in [2.45, 2.75) is 26.7 Å². The van der Waals surface area contributed by atoms with Crippen LogP contribution in [-0.2, 0) is 11.8 Å². The lowest BCUT2D eigenvalue weighted by molar-refractivity contribution is -0.114. The zero-order chi connectivity index (χ0) is 12.8. The highest BCUT2D eigenvalue weighted by molar-refractivity contribution is 9.10. The molecule has 4 heteroatoms. The number of ketones is 1. The predicted octanol–water partition coefficient (Wildman–Crippen LogP) is 2.96. The highest BCUT2D eigenvalue weighted by atomic mass is 79.9. The second-order valence-electron chi connectivity index (χ2n) is 3.73. The molecule has 0 amide bonds. The summed E-state index contributed by atoms with van der Waals surface area (Å²) < 4.78 is 2.90. The van der Waals surface area contributed by atoms with Gasteiger partial charge < -0.3 is 4.57 Å². The molecule has 3 nitrogen and oxygen atoms in total. The summed E-state index contributed by atoms with van der Waals surface area (Å²) in [6.07, 6.45) is 4.82. The van der Waals surface area contributed by atoms with E-state index in [0.717, 1.165) is 22.1 Å². The molecule has 0 unspecified atom stereocenters. The number of aromatic nitrogens is 1. The maximum absolute atomic E-state index is 11.4. The van der Waals surface area contributed by atoms with Gasteiger partial charge in [-0.2, -0.15) is 0 Å². The van der Waals surface area contributed by atoms with Crippen molar-refractivity contribution in [1.82, 2.24) is 4.57 Å². The summed E-state index contributed by atoms with van der Waals surface area (Å²) in [5.74, 6) is 0.114. The van der Waals surface area contributed by atoms with E-state index in [9.17, 15) is 4.79 Å². The molecule has 0 bridgehead atoms. The molecule has 17 heavy (non-hydrogen) atoms. The molecule has 1 heterocycles. The van der Waals surface area contributed by atoms with Crippen molar-refractivity contribution in [3.63, 3.8) is 0 Å². The van der Waals surface area contributed by atoms with Crippen molar-refractivity contribution in [2.75, 3.05) is 0 Å². The van der Waals surface area contributed by atoms with Crippen LogP contribution >= 0.6 is 15.9 Å². The van der Waals surface area contributed by atoms with Gasteiger partial charge in [0, 0.05) is 35.9 Å². The number of nitrogens with zero attached hydrogens (tertiary/aromatic N) is 2. The van der Waals surface area contributed by atoms with Gasteiger partial charge in [-0.3, -0.25) is 4.79 Å². The molecule has 0 aliphatic carbocycles. The summed E-state index contributed by atoms with van der Waals surface area (Å²) in [5, 5.41) is 0. The molecule has 0 radical (unpaired) electrons. The van der Waals surface area contributed by atoms with Crippen molar-refractivity contribution >= 4 is 21.7 Å². The average Bonchev–Trinajstić information content (AvgIpc) is 2.32. The summed E-state index contributed by atoms with van der Waals surface area (Å²) in [5.41, 5.74) is 1.64. The normalized spacial score (nSPS) is 12.9. The molecule has 1 aromatic rings. The average molecular weight is 297 g/mol. The van der Waals surface area contributed by atoms with Crippen molar-refractivity contribution in [1.29, 1.82) is 0 Å². The number of aryl methyl sites for hydroxylation is 1. The number of hydrogen-bond donors (Lipinski definition) is 0. The SMILES string of the molecule is CCC(=O)/C=C(\CC)N=c1cc(Br)ccn1C. The van der Waals surface area contributed by atoms with E-state index in [1.807, 2.05) is 43.8 Å². The minimum Gasteiger partial charge on any atom is -0.336 e. The fourth-order valence-corrected chi connectivity index (χ4v) is 1.62. The summed E-state index contributed by atoms with van der Waals surface area (Å²) in [4.78, 5) is 15.9. The molecular weight excluding hydrogens is 280 g/mol. The molecule has 0 atom stereocenters. The molecule has 0 saturated carbocycles. The second-order valence-corrected chi connectivity index (χ2v) is 4.65. The molecule has 0 N–H and O–H groups in total. The molecule has 0 aliphatic rings. The number of carbonyl (C=O) groups is 1. The summed E-state index contributed by atoms with van der Waals surface area (Å²) in [6, 6.07) is 3.88. The lowest BCUT2D eigenvalue weighted by Gasteiger charge is -2.02. The Morgan fingerprint density at radius 2 is 2.18 bits per heavy atom. The van der Waals surface area contributed by atoms with E-state index < -0.39 is 0 Å². The van der Waals surface area contributed by atoms with Gasteiger partial charge in [0.25, 0.3) is 0 Å². The van der Waals surface area contributed by atoms with Crippen molar-refractivity contribution in [3.05, 3.63) is 40.1 Å². The van der Waals surface area contributed by atoms with Crippen LogP contribution in [0.2, 0.25) is 0 Å². The predicted molar refractivity (Wildman–Crippen MR) is 72.3 cm³/mol. The van der Waals surface area contributed by atoms with Crippen LogP contribution in [0.1, 0.15) is 26.7 Å². The smallest absolute Gasteiger partial charge is 0.157 e. The van der Waals surface area contributed by atoms with Gasteiger partial charge >= 0.3 is 0 Å². The summed E-state index contributed by atoms with van der Waals surface area (Å²) in [7, 11) is 1.93. The third kappa shape index (κ3) is 4.30. The Morgan fingerprint density at radius 3 is 2.76 bits per heavy atom. The second kappa shape index (κ2) is 6.55. The Kier molecular flexibility index (Phi) is 5.35. The molecule has 0 spiro atoms. The lowest BCUT2D eigenvalue weighted by atomic mass is 10.2. The fraction of sp³-hybridized carbons (Fsp3) is 0.385. The first-order valence-electron chi connectivity index (χ1n) is 5.67. The Labute approximate surface area is 110 Å². The lowest BCUT2D eigenvalue weighted by Crippen LogP contribution is -2.16. The molecule has 1 aromatic heterocycles. The molecular formula is C13H17BrN2O. The van der Waals surface area contributed by atoms with Gasteiger partial charge in [-0.1, -0.05) is 29.8 Å². The van der Waals surface area contributed by atoms with E-state index in [-0.39, 0.29) is 5.78 Å². The highest BCUT2D eigenvalue weighted by Gasteiger charge is 1.98. The van der Waals surface area contributed by atoms with Crippen LogP contribution in [0.3, 0.4) is 0 Å². The Hall–Kier alpha value is -1.16. The molecule has 0 saturated heterocycles. The Morgan fingerprint density at radius 1 is 1.47 bits per heavy atom. The molecule has 0 fully saturated rings. The van der Waals surface area contributed by atoms with E-state index in [1.54, 1.807) is 6.08 Å². The van der Waals surface area contributed by atoms with E-state index in [4.69, 9.17) is 0 Å². The number of rotatable bonds is 4. The van der Waals surface area contributed by atoms with E-state index >= 15 is 0 Å². The zero-order valence-corrected chi connectivity index (χ0v) is 12.0. The molecule has 0 aliphatic heterocycles. The van der Waals surface area contributed by atoms with Crippen LogP contribution in [0.5, 0.6) is 0 Å². The number of pyridine rings is 1. The number of carbonyl (C=O) groups excluding carboxylic acids is 1. The monoisotopic (exact) mass is 296 g/mol. The first-order chi connectivity index (χ1) is 8.06. The minimum atomic E-state index is 0.114. The van der Waals surface area contributed by atoms with Crippen LogP contribution in [0.15, 0.2) is 39.6 Å². The van der Waals surface area contributed by atoms with Crippen molar-refractivity contribution < 1.29 is 4.79 Å². The van der Waals surface area contributed by atoms with Crippen molar-refractivity contribution in [3.8, 4) is 0 Å². The maximum Gasteiger partial charge on any atom is 0.157 e. The maximum atomic E-state index is 11.4. The molecule has 1 rings (SSSR count). The van der Waals surface area contributed by atoms with E-state index in [1.165, 1.54) is 0 Å². The van der Waals surface area contributed by atoms with E-state index in [2.05, 4.69) is 20.9 Å². The van der Waals surface area contributed by atoms with Crippen LogP contribution in [-0.4, -0.2) is 10.4 Å². The largest absolute Gasteiger partial charge is 0.336 e. The van der Waals surface area contributed by atoms with Crippen molar-refractivity contribution in [2.24, 2.45) is 12.0 Å². The minimum absolute atomic E-state index is 0.114. The molecule has 0 aromatic carbocycles. The topological polar surface area (TPSA) is 34.4 Å². The third-order valence-corrected chi connectivity index (χ3v) is 2.88. The van der Waals surface area contributed by atoms with Gasteiger partial charge in [0.15, 0.2) is 5.78 Å².